The molecule has 1 aliphatic heterocycles. The van der Waals surface area contributed by atoms with E-state index in [-0.39, 0.29) is 0 Å². The van der Waals surface area contributed by atoms with Crippen LogP contribution in [0.2, 0.25) is 0 Å². The molecule has 1 saturated heterocycles. The molecule has 5 heteroatoms. The van der Waals surface area contributed by atoms with Gasteiger partial charge in [0.2, 0.25) is 0 Å². The number of benzene rings is 1. The van der Waals surface area contributed by atoms with Crippen LogP contribution < -0.4 is 4.90 Å². The van der Waals surface area contributed by atoms with Crippen molar-refractivity contribution in [1.82, 2.24) is 19.5 Å². The predicted molar refractivity (Wildman–Crippen MR) is 113 cm³/mol. The van der Waals surface area contributed by atoms with Gasteiger partial charge in [-0.1, -0.05) is 0 Å². The molecule has 5 rings (SSSR count). The minimum Gasteiger partial charge on any atom is -0.372 e. The minimum atomic E-state index is 0.916. The number of hydrogen-bond acceptors (Lipinski definition) is 4. The predicted octanol–water partition coefficient (Wildman–Crippen LogP) is 4.78. The molecule has 4 heterocycles. The third-order valence-electron chi connectivity index (χ3n) is 5.46. The summed E-state index contributed by atoms with van der Waals surface area (Å²) >= 11 is 0. The van der Waals surface area contributed by atoms with Gasteiger partial charge in [-0.15, -0.1) is 0 Å². The van der Waals surface area contributed by atoms with E-state index >= 15 is 0 Å². The molecule has 0 spiro atoms. The lowest BCUT2D eigenvalue weighted by molar-refractivity contribution is 0.578. The topological polar surface area (TPSA) is 46.8 Å². The minimum absolute atomic E-state index is 0.916. The lowest BCUT2D eigenvalue weighted by Crippen LogP contribution is -2.29. The van der Waals surface area contributed by atoms with E-state index in [1.165, 1.54) is 24.9 Å². The second kappa shape index (κ2) is 7.08. The summed E-state index contributed by atoms with van der Waals surface area (Å²) in [5, 5.41) is 0. The van der Waals surface area contributed by atoms with Crippen LogP contribution in [0.4, 0.5) is 5.69 Å². The number of aromatic nitrogens is 4. The summed E-state index contributed by atoms with van der Waals surface area (Å²) in [6.07, 6.45) is 9.46. The average Bonchev–Trinajstić information content (AvgIpc) is 3.15. The molecule has 0 bridgehead atoms. The number of hydrogen-bond donors (Lipinski definition) is 0. The number of piperidine rings is 1. The van der Waals surface area contributed by atoms with Crippen molar-refractivity contribution in [3.63, 3.8) is 0 Å². The molecule has 1 aromatic carbocycles. The highest BCUT2D eigenvalue weighted by molar-refractivity contribution is 5.82. The highest BCUT2D eigenvalue weighted by Crippen LogP contribution is 2.30. The first kappa shape index (κ1) is 16.9. The van der Waals surface area contributed by atoms with Crippen molar-refractivity contribution in [2.24, 2.45) is 0 Å². The molecule has 1 fully saturated rings. The van der Waals surface area contributed by atoms with Gasteiger partial charge in [0.25, 0.3) is 0 Å². The lowest BCUT2D eigenvalue weighted by Gasteiger charge is -2.28. The van der Waals surface area contributed by atoms with Gasteiger partial charge in [0.05, 0.1) is 29.1 Å². The Bertz CT molecular complexity index is 1090. The van der Waals surface area contributed by atoms with E-state index in [4.69, 9.17) is 4.98 Å². The van der Waals surface area contributed by atoms with Crippen LogP contribution in [0.1, 0.15) is 25.0 Å². The summed E-state index contributed by atoms with van der Waals surface area (Å²) in [5.41, 5.74) is 6.31. The zero-order valence-electron chi connectivity index (χ0n) is 16.0. The second-order valence-corrected chi connectivity index (χ2v) is 7.39. The Hall–Kier alpha value is -3.21. The first-order chi connectivity index (χ1) is 13.8. The van der Waals surface area contributed by atoms with E-state index in [1.54, 1.807) is 6.20 Å². The van der Waals surface area contributed by atoms with Gasteiger partial charge >= 0.3 is 0 Å². The molecule has 3 aromatic heterocycles. The molecule has 1 aliphatic rings. The maximum atomic E-state index is 4.91. The molecule has 0 radical (unpaired) electrons. The fraction of sp³-hybridized carbons (Fsp3) is 0.261. The van der Waals surface area contributed by atoms with Crippen molar-refractivity contribution < 1.29 is 0 Å². The molecule has 0 N–H and O–H groups in total. The summed E-state index contributed by atoms with van der Waals surface area (Å²) in [4.78, 5) is 16.2. The van der Waals surface area contributed by atoms with Gasteiger partial charge in [-0.05, 0) is 68.7 Å². The Morgan fingerprint density at radius 1 is 0.821 bits per heavy atom. The van der Waals surface area contributed by atoms with Crippen molar-refractivity contribution >= 4 is 16.7 Å². The van der Waals surface area contributed by atoms with Crippen molar-refractivity contribution in [2.75, 3.05) is 18.0 Å². The van der Waals surface area contributed by atoms with Crippen molar-refractivity contribution in [1.29, 1.82) is 0 Å². The number of anilines is 1. The number of aryl methyl sites for hydroxylation is 1. The fourth-order valence-corrected chi connectivity index (χ4v) is 3.94. The van der Waals surface area contributed by atoms with Gasteiger partial charge in [0, 0.05) is 36.2 Å². The molecule has 0 saturated carbocycles. The average molecular weight is 369 g/mol. The third kappa shape index (κ3) is 3.03. The number of rotatable bonds is 3. The van der Waals surface area contributed by atoms with E-state index in [0.717, 1.165) is 46.9 Å². The van der Waals surface area contributed by atoms with Crippen LogP contribution in [0.15, 0.2) is 61.1 Å². The molecule has 28 heavy (non-hydrogen) atoms. The number of imidazole rings is 1. The maximum absolute atomic E-state index is 4.91. The molecule has 5 nitrogen and oxygen atoms in total. The van der Waals surface area contributed by atoms with Gasteiger partial charge in [-0.25, -0.2) is 4.98 Å². The van der Waals surface area contributed by atoms with E-state index in [9.17, 15) is 0 Å². The Labute approximate surface area is 164 Å². The van der Waals surface area contributed by atoms with Crippen molar-refractivity contribution in [3.05, 3.63) is 66.7 Å². The van der Waals surface area contributed by atoms with Gasteiger partial charge in [-0.3, -0.25) is 14.5 Å². The van der Waals surface area contributed by atoms with E-state index in [0.29, 0.717) is 0 Å². The molecule has 0 aliphatic carbocycles. The highest BCUT2D eigenvalue weighted by atomic mass is 15.1. The molecule has 140 valence electrons. The van der Waals surface area contributed by atoms with E-state index < -0.39 is 0 Å². The molecule has 0 unspecified atom stereocenters. The second-order valence-electron chi connectivity index (χ2n) is 7.39. The first-order valence-corrected chi connectivity index (χ1v) is 9.90. The Morgan fingerprint density at radius 2 is 1.61 bits per heavy atom. The monoisotopic (exact) mass is 369 g/mol. The quantitative estimate of drug-likeness (QED) is 0.521. The summed E-state index contributed by atoms with van der Waals surface area (Å²) in [6, 6.07) is 14.9. The fourth-order valence-electron chi connectivity index (χ4n) is 3.94. The molecular formula is C23H23N5. The number of fused-ring (bicyclic) bond motifs is 1. The first-order valence-electron chi connectivity index (χ1n) is 9.90. The standard InChI is InChI=1S/C23H23N5/c1-17-5-8-20(15-25-17)28-22-16-24-12-11-21(22)26-23(28)18-6-9-19(10-7-18)27-13-3-2-4-14-27/h5-12,15-16H,2-4,13-14H2,1H3. The Balaban J connectivity index is 1.60. The van der Waals surface area contributed by atoms with Crippen LogP contribution >= 0.6 is 0 Å². The van der Waals surface area contributed by atoms with Gasteiger partial charge in [-0.2, -0.15) is 0 Å². The molecule has 0 atom stereocenters. The van der Waals surface area contributed by atoms with E-state index in [1.807, 2.05) is 31.5 Å². The maximum Gasteiger partial charge on any atom is 0.145 e. The molecule has 4 aromatic rings. The zero-order valence-corrected chi connectivity index (χ0v) is 16.0. The lowest BCUT2D eigenvalue weighted by atomic mass is 10.1. The molecular weight excluding hydrogens is 346 g/mol. The van der Waals surface area contributed by atoms with Crippen LogP contribution in [0, 0.1) is 6.92 Å². The Kier molecular flexibility index (Phi) is 4.28. The summed E-state index contributed by atoms with van der Waals surface area (Å²) < 4.78 is 2.14. The number of nitrogens with zero attached hydrogens (tertiary/aromatic N) is 5. The van der Waals surface area contributed by atoms with Gasteiger partial charge in [0.1, 0.15) is 5.82 Å². The highest BCUT2D eigenvalue weighted by Gasteiger charge is 2.16. The SMILES string of the molecule is Cc1ccc(-n2c(-c3ccc(N4CCCCC4)cc3)nc3ccncc32)cn1. The van der Waals surface area contributed by atoms with Crippen molar-refractivity contribution in [3.8, 4) is 17.1 Å². The van der Waals surface area contributed by atoms with Gasteiger partial charge in [0.15, 0.2) is 0 Å². The zero-order chi connectivity index (χ0) is 18.9. The largest absolute Gasteiger partial charge is 0.372 e. The summed E-state index contributed by atoms with van der Waals surface area (Å²) in [6.45, 7) is 4.30. The third-order valence-corrected chi connectivity index (χ3v) is 5.46. The van der Waals surface area contributed by atoms with Crippen LogP contribution in [0.5, 0.6) is 0 Å². The van der Waals surface area contributed by atoms with Crippen LogP contribution in [-0.2, 0) is 0 Å². The number of pyridine rings is 2. The van der Waals surface area contributed by atoms with Gasteiger partial charge < -0.3 is 4.90 Å². The Morgan fingerprint density at radius 3 is 2.36 bits per heavy atom. The molecule has 0 amide bonds. The smallest absolute Gasteiger partial charge is 0.145 e. The van der Waals surface area contributed by atoms with Crippen LogP contribution in [-0.4, -0.2) is 32.6 Å². The van der Waals surface area contributed by atoms with Crippen molar-refractivity contribution in [2.45, 2.75) is 26.2 Å². The summed E-state index contributed by atoms with van der Waals surface area (Å²) in [7, 11) is 0. The van der Waals surface area contributed by atoms with Crippen LogP contribution in [0.3, 0.4) is 0 Å². The summed E-state index contributed by atoms with van der Waals surface area (Å²) in [5.74, 6) is 0.916. The van der Waals surface area contributed by atoms with Crippen LogP contribution in [0.25, 0.3) is 28.1 Å². The van der Waals surface area contributed by atoms with E-state index in [2.05, 4.69) is 49.8 Å². The normalized spacial score (nSPS) is 14.5.